The molecule has 0 saturated carbocycles. The lowest BCUT2D eigenvalue weighted by Crippen LogP contribution is -2.38. The van der Waals surface area contributed by atoms with Crippen molar-refractivity contribution in [2.75, 3.05) is 19.6 Å². The van der Waals surface area contributed by atoms with E-state index < -0.39 is 10.0 Å². The van der Waals surface area contributed by atoms with Gasteiger partial charge in [-0.05, 0) is 69.2 Å². The van der Waals surface area contributed by atoms with Gasteiger partial charge in [-0.25, -0.2) is 13.1 Å². The lowest BCUT2D eigenvalue weighted by molar-refractivity contribution is -0.131. The molecule has 134 valence electrons. The van der Waals surface area contributed by atoms with Crippen LogP contribution in [0.4, 0.5) is 0 Å². The molecule has 5 nitrogen and oxygen atoms in total. The molecule has 0 spiro atoms. The molecular weight excluding hydrogens is 324 g/mol. The summed E-state index contributed by atoms with van der Waals surface area (Å²) in [6.45, 7) is 9.22. The van der Waals surface area contributed by atoms with E-state index in [1.165, 1.54) is 6.42 Å². The first-order valence-electron chi connectivity index (χ1n) is 8.59. The topological polar surface area (TPSA) is 66.5 Å². The van der Waals surface area contributed by atoms with Crippen molar-refractivity contribution in [3.05, 3.63) is 28.3 Å². The fourth-order valence-electron chi connectivity index (χ4n) is 3.25. The lowest BCUT2D eigenvalue weighted by atomic mass is 10.0. The second kappa shape index (κ2) is 7.66. The third-order valence-corrected chi connectivity index (χ3v) is 6.64. The predicted octanol–water partition coefficient (Wildman–Crippen LogP) is 2.60. The molecule has 0 unspecified atom stereocenters. The van der Waals surface area contributed by atoms with Crippen molar-refractivity contribution in [3.8, 4) is 0 Å². The highest BCUT2D eigenvalue weighted by atomic mass is 32.2. The van der Waals surface area contributed by atoms with Crippen molar-refractivity contribution in [2.45, 2.75) is 58.3 Å². The summed E-state index contributed by atoms with van der Waals surface area (Å²) in [6, 6.07) is 2.00. The van der Waals surface area contributed by atoms with Crippen LogP contribution in [-0.2, 0) is 14.8 Å². The molecule has 1 aromatic rings. The number of benzene rings is 1. The summed E-state index contributed by atoms with van der Waals surface area (Å²) < 4.78 is 28.0. The minimum absolute atomic E-state index is 0.0336. The number of nitrogens with one attached hydrogen (secondary N) is 1. The van der Waals surface area contributed by atoms with Crippen LogP contribution in [0.5, 0.6) is 0 Å². The van der Waals surface area contributed by atoms with E-state index >= 15 is 0 Å². The summed E-state index contributed by atoms with van der Waals surface area (Å²) >= 11 is 0. The number of carbonyl (C=O) groups excluding carboxylic acids is 1. The fourth-order valence-corrected chi connectivity index (χ4v) is 4.89. The largest absolute Gasteiger partial charge is 0.343 e. The van der Waals surface area contributed by atoms with Gasteiger partial charge in [0.15, 0.2) is 0 Å². The predicted molar refractivity (Wildman–Crippen MR) is 95.6 cm³/mol. The molecule has 1 heterocycles. The van der Waals surface area contributed by atoms with Crippen molar-refractivity contribution in [1.82, 2.24) is 9.62 Å². The van der Waals surface area contributed by atoms with Crippen LogP contribution in [0.3, 0.4) is 0 Å². The van der Waals surface area contributed by atoms with Gasteiger partial charge in [0.05, 0.1) is 4.90 Å². The number of hydrogen-bond acceptors (Lipinski definition) is 3. The van der Waals surface area contributed by atoms with Crippen LogP contribution >= 0.6 is 0 Å². The van der Waals surface area contributed by atoms with E-state index in [-0.39, 0.29) is 18.9 Å². The molecule has 1 N–H and O–H groups in total. The highest BCUT2D eigenvalue weighted by molar-refractivity contribution is 7.89. The van der Waals surface area contributed by atoms with E-state index in [1.807, 2.05) is 38.7 Å². The van der Waals surface area contributed by atoms with Crippen LogP contribution < -0.4 is 4.72 Å². The summed E-state index contributed by atoms with van der Waals surface area (Å²) in [5, 5.41) is 0. The first-order valence-corrected chi connectivity index (χ1v) is 10.1. The Balaban J connectivity index is 2.05. The number of nitrogens with zero attached hydrogens (tertiary/aromatic N) is 1. The second-order valence-corrected chi connectivity index (χ2v) is 8.38. The highest BCUT2D eigenvalue weighted by Gasteiger charge is 2.23. The van der Waals surface area contributed by atoms with Gasteiger partial charge >= 0.3 is 0 Å². The molecule has 1 amide bonds. The zero-order chi connectivity index (χ0) is 17.9. The molecule has 24 heavy (non-hydrogen) atoms. The minimum Gasteiger partial charge on any atom is -0.343 e. The molecule has 1 saturated heterocycles. The number of piperidine rings is 1. The first-order chi connectivity index (χ1) is 11.2. The SMILES string of the molecule is Cc1cc(C)c(C)c(S(=O)(=O)NCCC(=O)N2CCCCC2)c1C. The van der Waals surface area contributed by atoms with Gasteiger partial charge in [-0.15, -0.1) is 0 Å². The first kappa shape index (κ1) is 18.9. The molecule has 0 aliphatic carbocycles. The van der Waals surface area contributed by atoms with E-state index in [0.717, 1.165) is 48.2 Å². The quantitative estimate of drug-likeness (QED) is 0.886. The summed E-state index contributed by atoms with van der Waals surface area (Å²) in [6.07, 6.45) is 3.46. The van der Waals surface area contributed by atoms with E-state index in [9.17, 15) is 13.2 Å². The van der Waals surface area contributed by atoms with Gasteiger partial charge < -0.3 is 4.90 Å². The summed E-state index contributed by atoms with van der Waals surface area (Å²) in [5.74, 6) is 0.0336. The standard InChI is InChI=1S/C18H28N2O3S/c1-13-12-14(2)16(4)18(15(13)3)24(22,23)19-9-8-17(21)20-10-6-5-7-11-20/h12,19H,5-11H2,1-4H3. The van der Waals surface area contributed by atoms with Crippen molar-refractivity contribution >= 4 is 15.9 Å². The van der Waals surface area contributed by atoms with E-state index in [0.29, 0.717) is 4.90 Å². The van der Waals surface area contributed by atoms with Gasteiger partial charge in [-0.1, -0.05) is 6.07 Å². The molecule has 0 atom stereocenters. The van der Waals surface area contributed by atoms with Gasteiger partial charge in [0.25, 0.3) is 0 Å². The molecule has 1 aromatic carbocycles. The maximum absolute atomic E-state index is 12.7. The molecular formula is C18H28N2O3S. The van der Waals surface area contributed by atoms with Crippen molar-refractivity contribution < 1.29 is 13.2 Å². The zero-order valence-electron chi connectivity index (χ0n) is 15.1. The molecule has 0 aromatic heterocycles. The Morgan fingerprint density at radius 1 is 1.04 bits per heavy atom. The fraction of sp³-hybridized carbons (Fsp3) is 0.611. The van der Waals surface area contributed by atoms with Gasteiger partial charge in [0, 0.05) is 26.1 Å². The van der Waals surface area contributed by atoms with Crippen LogP contribution in [0.25, 0.3) is 0 Å². The summed E-state index contributed by atoms with van der Waals surface area (Å²) in [7, 11) is -3.61. The number of rotatable bonds is 5. The van der Waals surface area contributed by atoms with Gasteiger partial charge in [0.1, 0.15) is 0 Å². The summed E-state index contributed by atoms with van der Waals surface area (Å²) in [5.41, 5.74) is 3.46. The molecule has 0 bridgehead atoms. The molecule has 1 aliphatic heterocycles. The van der Waals surface area contributed by atoms with Crippen LogP contribution in [0, 0.1) is 27.7 Å². The molecule has 1 fully saturated rings. The maximum Gasteiger partial charge on any atom is 0.241 e. The minimum atomic E-state index is -3.61. The van der Waals surface area contributed by atoms with Crippen molar-refractivity contribution in [1.29, 1.82) is 0 Å². The third kappa shape index (κ3) is 4.16. The van der Waals surface area contributed by atoms with Gasteiger partial charge in [-0.2, -0.15) is 0 Å². The molecule has 1 aliphatic rings. The van der Waals surface area contributed by atoms with Crippen LogP contribution in [0.15, 0.2) is 11.0 Å². The Kier molecular flexibility index (Phi) is 6.04. The Morgan fingerprint density at radius 3 is 2.12 bits per heavy atom. The van der Waals surface area contributed by atoms with E-state index in [2.05, 4.69) is 4.72 Å². The Morgan fingerprint density at radius 2 is 1.58 bits per heavy atom. The Bertz CT molecular complexity index is 694. The van der Waals surface area contributed by atoms with Crippen LogP contribution in [0.1, 0.15) is 47.9 Å². The molecule has 6 heteroatoms. The average Bonchev–Trinajstić information content (AvgIpc) is 2.53. The van der Waals surface area contributed by atoms with Gasteiger partial charge in [0.2, 0.25) is 15.9 Å². The number of sulfonamides is 1. The normalized spacial score (nSPS) is 15.6. The average molecular weight is 353 g/mol. The third-order valence-electron chi connectivity index (χ3n) is 4.91. The summed E-state index contributed by atoms with van der Waals surface area (Å²) in [4.78, 5) is 14.3. The zero-order valence-corrected chi connectivity index (χ0v) is 15.9. The maximum atomic E-state index is 12.7. The van der Waals surface area contributed by atoms with Crippen molar-refractivity contribution in [2.24, 2.45) is 0 Å². The number of hydrogen-bond donors (Lipinski definition) is 1. The monoisotopic (exact) mass is 352 g/mol. The molecule has 0 radical (unpaired) electrons. The number of aryl methyl sites for hydroxylation is 2. The van der Waals surface area contributed by atoms with E-state index in [4.69, 9.17) is 0 Å². The van der Waals surface area contributed by atoms with E-state index in [1.54, 1.807) is 0 Å². The number of amides is 1. The number of likely N-dealkylation sites (tertiary alicyclic amines) is 1. The van der Waals surface area contributed by atoms with Gasteiger partial charge in [-0.3, -0.25) is 4.79 Å². The van der Waals surface area contributed by atoms with Crippen LogP contribution in [-0.4, -0.2) is 38.9 Å². The lowest BCUT2D eigenvalue weighted by Gasteiger charge is -2.26. The smallest absolute Gasteiger partial charge is 0.241 e. The number of carbonyl (C=O) groups is 1. The van der Waals surface area contributed by atoms with Crippen molar-refractivity contribution in [3.63, 3.8) is 0 Å². The Hall–Kier alpha value is -1.40. The Labute approximate surface area is 145 Å². The van der Waals surface area contributed by atoms with Crippen LogP contribution in [0.2, 0.25) is 0 Å². The second-order valence-electron chi connectivity index (χ2n) is 6.68. The highest BCUT2D eigenvalue weighted by Crippen LogP contribution is 2.25. The molecule has 2 rings (SSSR count).